The summed E-state index contributed by atoms with van der Waals surface area (Å²) in [5.74, 6) is 0. The number of hydrogen-bond donors (Lipinski definition) is 1. The molecule has 2 heteroatoms. The van der Waals surface area contributed by atoms with E-state index in [0.29, 0.717) is 11.5 Å². The smallest absolute Gasteiger partial charge is 0.00103 e. The van der Waals surface area contributed by atoms with Gasteiger partial charge in [-0.05, 0) is 50.9 Å². The van der Waals surface area contributed by atoms with Crippen molar-refractivity contribution in [2.24, 2.45) is 5.41 Å². The van der Waals surface area contributed by atoms with E-state index in [1.807, 2.05) is 0 Å². The summed E-state index contributed by atoms with van der Waals surface area (Å²) in [5.41, 5.74) is 0.673. The molecule has 0 unspecified atom stereocenters. The minimum atomic E-state index is 0.629. The number of piperidine rings is 1. The Labute approximate surface area is 108 Å². The minimum absolute atomic E-state index is 0.629. The Kier molecular flexibility index (Phi) is 6.50. The van der Waals surface area contributed by atoms with Crippen molar-refractivity contribution in [3.8, 4) is 0 Å². The van der Waals surface area contributed by atoms with Crippen LogP contribution in [0.5, 0.6) is 0 Å². The van der Waals surface area contributed by atoms with Crippen LogP contribution in [-0.4, -0.2) is 37.1 Å². The summed E-state index contributed by atoms with van der Waals surface area (Å²) in [4.78, 5) is 2.66. The topological polar surface area (TPSA) is 15.3 Å². The first-order chi connectivity index (χ1) is 8.12. The SMILES string of the molecule is CCC1(CC)CCN(CCCNC(C)C)CC1. The first kappa shape index (κ1) is 15.0. The molecule has 1 saturated heterocycles. The third kappa shape index (κ3) is 4.97. The van der Waals surface area contributed by atoms with Crippen LogP contribution in [0.15, 0.2) is 0 Å². The largest absolute Gasteiger partial charge is 0.314 e. The van der Waals surface area contributed by atoms with Gasteiger partial charge in [0.2, 0.25) is 0 Å². The van der Waals surface area contributed by atoms with Crippen LogP contribution in [0.25, 0.3) is 0 Å². The van der Waals surface area contributed by atoms with Crippen molar-refractivity contribution >= 4 is 0 Å². The molecule has 0 aromatic heterocycles. The predicted molar refractivity (Wildman–Crippen MR) is 76.4 cm³/mol. The standard InChI is InChI=1S/C15H32N2/c1-5-15(6-2)8-12-17(13-9-15)11-7-10-16-14(3)4/h14,16H,5-13H2,1-4H3. The van der Waals surface area contributed by atoms with Crippen LogP contribution >= 0.6 is 0 Å². The van der Waals surface area contributed by atoms with Crippen LogP contribution in [0.1, 0.15) is 59.8 Å². The average molecular weight is 240 g/mol. The molecule has 1 aliphatic rings. The molecule has 2 nitrogen and oxygen atoms in total. The number of likely N-dealkylation sites (tertiary alicyclic amines) is 1. The summed E-state index contributed by atoms with van der Waals surface area (Å²) in [7, 11) is 0. The summed E-state index contributed by atoms with van der Waals surface area (Å²) in [6, 6.07) is 0.629. The van der Waals surface area contributed by atoms with E-state index in [4.69, 9.17) is 0 Å². The molecule has 0 radical (unpaired) electrons. The Hall–Kier alpha value is -0.0800. The summed E-state index contributed by atoms with van der Waals surface area (Å²) >= 11 is 0. The highest BCUT2D eigenvalue weighted by molar-refractivity contribution is 4.83. The fraction of sp³-hybridized carbons (Fsp3) is 1.00. The van der Waals surface area contributed by atoms with Gasteiger partial charge in [-0.2, -0.15) is 0 Å². The van der Waals surface area contributed by atoms with Crippen molar-refractivity contribution in [3.63, 3.8) is 0 Å². The zero-order valence-electron chi connectivity index (χ0n) is 12.4. The summed E-state index contributed by atoms with van der Waals surface area (Å²) in [6.45, 7) is 14.3. The van der Waals surface area contributed by atoms with Gasteiger partial charge in [0.1, 0.15) is 0 Å². The van der Waals surface area contributed by atoms with Crippen molar-refractivity contribution in [2.45, 2.75) is 65.8 Å². The molecule has 102 valence electrons. The predicted octanol–water partition coefficient (Wildman–Crippen LogP) is 3.28. The molecule has 1 rings (SSSR count). The van der Waals surface area contributed by atoms with Gasteiger partial charge < -0.3 is 10.2 Å². The lowest BCUT2D eigenvalue weighted by Crippen LogP contribution is -2.40. The molecule has 0 amide bonds. The lowest BCUT2D eigenvalue weighted by Gasteiger charge is -2.41. The molecule has 0 aliphatic carbocycles. The highest BCUT2D eigenvalue weighted by atomic mass is 15.1. The highest BCUT2D eigenvalue weighted by Crippen LogP contribution is 2.37. The van der Waals surface area contributed by atoms with E-state index in [1.165, 1.54) is 58.3 Å². The van der Waals surface area contributed by atoms with Gasteiger partial charge in [0.25, 0.3) is 0 Å². The van der Waals surface area contributed by atoms with Crippen molar-refractivity contribution in [1.82, 2.24) is 10.2 Å². The first-order valence-electron chi connectivity index (χ1n) is 7.57. The van der Waals surface area contributed by atoms with Crippen LogP contribution in [0.2, 0.25) is 0 Å². The van der Waals surface area contributed by atoms with E-state index in [-0.39, 0.29) is 0 Å². The molecule has 1 heterocycles. The van der Waals surface area contributed by atoms with E-state index in [0.717, 1.165) is 0 Å². The number of hydrogen-bond acceptors (Lipinski definition) is 2. The molecule has 1 aliphatic heterocycles. The van der Waals surface area contributed by atoms with Gasteiger partial charge >= 0.3 is 0 Å². The third-order valence-electron chi connectivity index (χ3n) is 4.62. The normalized spacial score (nSPS) is 21.0. The second kappa shape index (κ2) is 7.38. The van der Waals surface area contributed by atoms with E-state index in [2.05, 4.69) is 37.9 Å². The summed E-state index contributed by atoms with van der Waals surface area (Å²) in [5, 5.41) is 3.50. The molecule has 1 fully saturated rings. The van der Waals surface area contributed by atoms with Gasteiger partial charge in [0.05, 0.1) is 0 Å². The molecule has 0 spiro atoms. The lowest BCUT2D eigenvalue weighted by atomic mass is 9.74. The third-order valence-corrected chi connectivity index (χ3v) is 4.62. The second-order valence-electron chi connectivity index (χ2n) is 6.01. The van der Waals surface area contributed by atoms with Gasteiger partial charge in [-0.25, -0.2) is 0 Å². The first-order valence-corrected chi connectivity index (χ1v) is 7.57. The molecule has 0 atom stereocenters. The van der Waals surface area contributed by atoms with Crippen molar-refractivity contribution < 1.29 is 0 Å². The Morgan fingerprint density at radius 1 is 1.12 bits per heavy atom. The monoisotopic (exact) mass is 240 g/mol. The van der Waals surface area contributed by atoms with E-state index >= 15 is 0 Å². The van der Waals surface area contributed by atoms with Crippen LogP contribution in [0.3, 0.4) is 0 Å². The number of rotatable bonds is 7. The zero-order chi connectivity index (χ0) is 12.7. The fourth-order valence-corrected chi connectivity index (χ4v) is 2.90. The van der Waals surface area contributed by atoms with Crippen LogP contribution in [0.4, 0.5) is 0 Å². The Balaban J connectivity index is 2.14. The average Bonchev–Trinajstić information content (AvgIpc) is 2.35. The molecule has 1 N–H and O–H groups in total. The number of nitrogens with one attached hydrogen (secondary N) is 1. The lowest BCUT2D eigenvalue weighted by molar-refractivity contribution is 0.0947. The zero-order valence-corrected chi connectivity index (χ0v) is 12.4. The Morgan fingerprint density at radius 2 is 1.71 bits per heavy atom. The second-order valence-corrected chi connectivity index (χ2v) is 6.01. The van der Waals surface area contributed by atoms with Gasteiger partial charge in [-0.3, -0.25) is 0 Å². The maximum absolute atomic E-state index is 3.50. The molecule has 0 aromatic carbocycles. The summed E-state index contributed by atoms with van der Waals surface area (Å²) in [6.07, 6.45) is 6.86. The molecule has 0 bridgehead atoms. The maximum atomic E-state index is 3.50. The van der Waals surface area contributed by atoms with Gasteiger partial charge in [-0.15, -0.1) is 0 Å². The minimum Gasteiger partial charge on any atom is -0.314 e. The maximum Gasteiger partial charge on any atom is 0.00103 e. The van der Waals surface area contributed by atoms with Gasteiger partial charge in [0.15, 0.2) is 0 Å². The van der Waals surface area contributed by atoms with E-state index in [1.54, 1.807) is 0 Å². The molecular weight excluding hydrogens is 208 g/mol. The van der Waals surface area contributed by atoms with Crippen LogP contribution < -0.4 is 5.32 Å². The van der Waals surface area contributed by atoms with Crippen molar-refractivity contribution in [2.75, 3.05) is 26.2 Å². The van der Waals surface area contributed by atoms with Crippen molar-refractivity contribution in [3.05, 3.63) is 0 Å². The number of nitrogens with zero attached hydrogens (tertiary/aromatic N) is 1. The van der Waals surface area contributed by atoms with Gasteiger partial charge in [0, 0.05) is 6.04 Å². The summed E-state index contributed by atoms with van der Waals surface area (Å²) < 4.78 is 0. The quantitative estimate of drug-likeness (QED) is 0.687. The van der Waals surface area contributed by atoms with Gasteiger partial charge in [-0.1, -0.05) is 40.5 Å². The Morgan fingerprint density at radius 3 is 2.18 bits per heavy atom. The molecule has 0 aromatic rings. The van der Waals surface area contributed by atoms with E-state index in [9.17, 15) is 0 Å². The van der Waals surface area contributed by atoms with Crippen LogP contribution in [-0.2, 0) is 0 Å². The molecule has 0 saturated carbocycles. The van der Waals surface area contributed by atoms with Crippen molar-refractivity contribution in [1.29, 1.82) is 0 Å². The fourth-order valence-electron chi connectivity index (χ4n) is 2.90. The Bertz CT molecular complexity index is 187. The van der Waals surface area contributed by atoms with Crippen LogP contribution in [0, 0.1) is 5.41 Å². The van der Waals surface area contributed by atoms with E-state index < -0.39 is 0 Å². The molecular formula is C15H32N2. The highest BCUT2D eigenvalue weighted by Gasteiger charge is 2.30. The molecule has 17 heavy (non-hydrogen) atoms.